The van der Waals surface area contributed by atoms with Gasteiger partial charge in [-0.15, -0.1) is 0 Å². The van der Waals surface area contributed by atoms with Gasteiger partial charge in [0.25, 0.3) is 5.91 Å². The van der Waals surface area contributed by atoms with Crippen molar-refractivity contribution < 1.29 is 19.0 Å². The summed E-state index contributed by atoms with van der Waals surface area (Å²) in [5.41, 5.74) is 1.02. The Kier molecular flexibility index (Phi) is 3.50. The van der Waals surface area contributed by atoms with Gasteiger partial charge in [0.2, 0.25) is 6.79 Å². The number of carbonyl (C=O) groups excluding carboxylic acids is 1. The first kappa shape index (κ1) is 13.6. The van der Waals surface area contributed by atoms with Crippen molar-refractivity contribution in [2.24, 2.45) is 0 Å². The number of fused-ring (bicyclic) bond motifs is 1. The molecule has 1 amide bonds. The Labute approximate surface area is 129 Å². The zero-order chi connectivity index (χ0) is 14.9. The van der Waals surface area contributed by atoms with Gasteiger partial charge in [0, 0.05) is 13.1 Å². The smallest absolute Gasteiger partial charge is 0.254 e. The molecule has 5 nitrogen and oxygen atoms in total. The van der Waals surface area contributed by atoms with Gasteiger partial charge in [0.05, 0.1) is 0 Å². The number of likely N-dealkylation sites (tertiary alicyclic amines) is 1. The van der Waals surface area contributed by atoms with E-state index in [9.17, 15) is 4.79 Å². The summed E-state index contributed by atoms with van der Waals surface area (Å²) in [5.74, 6) is 1.68. The van der Waals surface area contributed by atoms with E-state index in [1.54, 1.807) is 0 Å². The van der Waals surface area contributed by atoms with Crippen molar-refractivity contribution in [3.05, 3.63) is 29.8 Å². The lowest BCUT2D eigenvalue weighted by molar-refractivity contribution is -0.133. The van der Waals surface area contributed by atoms with Gasteiger partial charge in [-0.1, -0.05) is 18.2 Å². The number of amides is 1. The number of epoxide rings is 1. The molecule has 5 heteroatoms. The van der Waals surface area contributed by atoms with E-state index in [0.29, 0.717) is 0 Å². The molecule has 0 aliphatic carbocycles. The van der Waals surface area contributed by atoms with Crippen LogP contribution >= 0.6 is 0 Å². The van der Waals surface area contributed by atoms with Crippen LogP contribution in [-0.4, -0.2) is 42.9 Å². The van der Waals surface area contributed by atoms with Crippen molar-refractivity contribution in [2.45, 2.75) is 31.5 Å². The molecule has 4 rings (SSSR count). The van der Waals surface area contributed by atoms with Gasteiger partial charge in [-0.25, -0.2) is 0 Å². The molecule has 1 aromatic carbocycles. The first-order chi connectivity index (χ1) is 10.8. The van der Waals surface area contributed by atoms with Crippen molar-refractivity contribution in [1.29, 1.82) is 0 Å². The fourth-order valence-corrected chi connectivity index (χ4v) is 2.99. The second-order valence-electron chi connectivity index (χ2n) is 5.88. The average molecular weight is 301 g/mol. The predicted octanol–water partition coefficient (Wildman–Crippen LogP) is 2.21. The highest BCUT2D eigenvalue weighted by molar-refractivity contribution is 5.84. The van der Waals surface area contributed by atoms with E-state index >= 15 is 0 Å². The van der Waals surface area contributed by atoms with Crippen LogP contribution in [0.3, 0.4) is 0 Å². The average Bonchev–Trinajstić information content (AvgIpc) is 3.20. The molecule has 0 aromatic heterocycles. The Morgan fingerprint density at radius 3 is 2.82 bits per heavy atom. The maximum Gasteiger partial charge on any atom is 0.254 e. The summed E-state index contributed by atoms with van der Waals surface area (Å²) in [6.45, 7) is 2.02. The third-order valence-electron chi connectivity index (χ3n) is 4.31. The van der Waals surface area contributed by atoms with Crippen molar-refractivity contribution in [1.82, 2.24) is 4.90 Å². The normalized spacial score (nSPS) is 26.5. The van der Waals surface area contributed by atoms with E-state index in [1.165, 1.54) is 6.42 Å². The van der Waals surface area contributed by atoms with Crippen LogP contribution in [0.5, 0.6) is 11.5 Å². The minimum Gasteiger partial charge on any atom is -0.454 e. The number of carbonyl (C=O) groups is 1. The van der Waals surface area contributed by atoms with E-state index in [2.05, 4.69) is 0 Å². The van der Waals surface area contributed by atoms with Crippen LogP contribution in [0.4, 0.5) is 0 Å². The van der Waals surface area contributed by atoms with Crippen molar-refractivity contribution in [2.75, 3.05) is 19.9 Å². The van der Waals surface area contributed by atoms with Crippen molar-refractivity contribution >= 4 is 12.0 Å². The van der Waals surface area contributed by atoms with E-state index in [-0.39, 0.29) is 24.9 Å². The van der Waals surface area contributed by atoms with E-state index in [4.69, 9.17) is 14.2 Å². The Bertz CT molecular complexity index is 607. The Hall–Kier alpha value is -2.01. The molecule has 0 bridgehead atoms. The predicted molar refractivity (Wildman–Crippen MR) is 80.7 cm³/mol. The highest BCUT2D eigenvalue weighted by atomic mass is 16.7. The summed E-state index contributed by atoms with van der Waals surface area (Å²) in [6, 6.07) is 5.79. The minimum atomic E-state index is -0.289. The number of rotatable bonds is 3. The molecule has 0 radical (unpaired) electrons. The Balaban J connectivity index is 1.35. The molecule has 3 aliphatic rings. The van der Waals surface area contributed by atoms with Crippen LogP contribution in [0.2, 0.25) is 0 Å². The van der Waals surface area contributed by atoms with Gasteiger partial charge in [-0.05, 0) is 37.0 Å². The van der Waals surface area contributed by atoms with Crippen LogP contribution in [0.15, 0.2) is 24.3 Å². The molecule has 2 fully saturated rings. The summed E-state index contributed by atoms with van der Waals surface area (Å²) in [4.78, 5) is 14.2. The van der Waals surface area contributed by atoms with Crippen LogP contribution in [-0.2, 0) is 9.53 Å². The lowest BCUT2D eigenvalue weighted by atomic mass is 10.1. The standard InChI is InChI=1S/C17H19NO4/c19-17(18-8-2-1-3-9-18)16-14(22-16)7-5-12-4-6-13-15(10-12)21-11-20-13/h4-7,10,14,16H,1-3,8-9,11H2/t14-,16+/m0/s1. The summed E-state index contributed by atoms with van der Waals surface area (Å²) in [5, 5.41) is 0. The molecule has 1 aromatic rings. The molecular weight excluding hydrogens is 282 g/mol. The molecule has 3 heterocycles. The van der Waals surface area contributed by atoms with E-state index in [0.717, 1.165) is 43.0 Å². The van der Waals surface area contributed by atoms with Crippen LogP contribution in [0.25, 0.3) is 6.08 Å². The first-order valence-corrected chi connectivity index (χ1v) is 7.83. The SMILES string of the molecule is O=C([C@@H]1O[C@H]1C=Cc1ccc2c(c1)OCO2)N1CCCCC1. The van der Waals surface area contributed by atoms with Crippen LogP contribution in [0.1, 0.15) is 24.8 Å². The highest BCUT2D eigenvalue weighted by Crippen LogP contribution is 2.33. The molecule has 2 saturated heterocycles. The fourth-order valence-electron chi connectivity index (χ4n) is 2.99. The maximum absolute atomic E-state index is 12.3. The van der Waals surface area contributed by atoms with Gasteiger partial charge in [-0.3, -0.25) is 4.79 Å². The number of ether oxygens (including phenoxy) is 3. The van der Waals surface area contributed by atoms with E-state index < -0.39 is 0 Å². The molecule has 3 aliphatic heterocycles. The number of piperidine rings is 1. The molecule has 116 valence electrons. The molecular formula is C17H19NO4. The van der Waals surface area contributed by atoms with Crippen molar-refractivity contribution in [3.63, 3.8) is 0 Å². The van der Waals surface area contributed by atoms with E-state index in [1.807, 2.05) is 35.3 Å². The molecule has 2 atom stereocenters. The topological polar surface area (TPSA) is 51.3 Å². The van der Waals surface area contributed by atoms with Gasteiger partial charge >= 0.3 is 0 Å². The van der Waals surface area contributed by atoms with Gasteiger partial charge in [0.15, 0.2) is 17.6 Å². The van der Waals surface area contributed by atoms with Gasteiger partial charge < -0.3 is 19.1 Å². The Morgan fingerprint density at radius 2 is 1.95 bits per heavy atom. The largest absolute Gasteiger partial charge is 0.454 e. The molecule has 0 saturated carbocycles. The van der Waals surface area contributed by atoms with Gasteiger partial charge in [0.1, 0.15) is 6.10 Å². The molecule has 0 unspecified atom stereocenters. The monoisotopic (exact) mass is 301 g/mol. The fraction of sp³-hybridized carbons (Fsp3) is 0.471. The second kappa shape index (κ2) is 5.65. The van der Waals surface area contributed by atoms with Gasteiger partial charge in [-0.2, -0.15) is 0 Å². The third kappa shape index (κ3) is 2.68. The highest BCUT2D eigenvalue weighted by Gasteiger charge is 2.45. The molecule has 0 N–H and O–H groups in total. The summed E-state index contributed by atoms with van der Waals surface area (Å²) in [6.07, 6.45) is 6.97. The first-order valence-electron chi connectivity index (χ1n) is 7.83. The summed E-state index contributed by atoms with van der Waals surface area (Å²) in [7, 11) is 0. The van der Waals surface area contributed by atoms with Crippen LogP contribution in [0, 0.1) is 0 Å². The lowest BCUT2D eigenvalue weighted by Crippen LogP contribution is -2.38. The number of hydrogen-bond donors (Lipinski definition) is 0. The molecule has 0 spiro atoms. The summed E-state index contributed by atoms with van der Waals surface area (Å²) >= 11 is 0. The number of hydrogen-bond acceptors (Lipinski definition) is 4. The lowest BCUT2D eigenvalue weighted by Gasteiger charge is -2.25. The maximum atomic E-state index is 12.3. The third-order valence-corrected chi connectivity index (χ3v) is 4.31. The molecule has 22 heavy (non-hydrogen) atoms. The summed E-state index contributed by atoms with van der Waals surface area (Å²) < 4.78 is 16.2. The number of benzene rings is 1. The Morgan fingerprint density at radius 1 is 1.14 bits per heavy atom. The second-order valence-corrected chi connectivity index (χ2v) is 5.88. The number of nitrogens with zero attached hydrogens (tertiary/aromatic N) is 1. The zero-order valence-electron chi connectivity index (χ0n) is 12.4. The quantitative estimate of drug-likeness (QED) is 0.803. The van der Waals surface area contributed by atoms with Crippen molar-refractivity contribution in [3.8, 4) is 11.5 Å². The minimum absolute atomic E-state index is 0.0974. The zero-order valence-corrected chi connectivity index (χ0v) is 12.4. The van der Waals surface area contributed by atoms with Crippen LogP contribution < -0.4 is 9.47 Å².